The van der Waals surface area contributed by atoms with E-state index in [0.717, 1.165) is 44.8 Å². The van der Waals surface area contributed by atoms with Crippen LogP contribution in [0.3, 0.4) is 0 Å². The van der Waals surface area contributed by atoms with Crippen molar-refractivity contribution in [2.24, 2.45) is 5.92 Å². The van der Waals surface area contributed by atoms with E-state index in [4.69, 9.17) is 10.5 Å². The molecule has 2 rings (SSSR count). The molecule has 3 N–H and O–H groups in total. The Morgan fingerprint density at radius 1 is 1.41 bits per heavy atom. The van der Waals surface area contributed by atoms with Gasteiger partial charge in [-0.25, -0.2) is 0 Å². The van der Waals surface area contributed by atoms with E-state index < -0.39 is 0 Å². The fourth-order valence-electron chi connectivity index (χ4n) is 1.83. The zero-order chi connectivity index (χ0) is 12.1. The third-order valence-electron chi connectivity index (χ3n) is 2.75. The number of hydrogen-bond acceptors (Lipinski definition) is 6. The van der Waals surface area contributed by atoms with Crippen molar-refractivity contribution in [3.05, 3.63) is 5.82 Å². The first kappa shape index (κ1) is 12.0. The molecule has 6 nitrogen and oxygen atoms in total. The molecule has 1 aliphatic heterocycles. The predicted molar refractivity (Wildman–Crippen MR) is 65.7 cm³/mol. The van der Waals surface area contributed by atoms with Gasteiger partial charge in [-0.3, -0.25) is 0 Å². The van der Waals surface area contributed by atoms with Crippen LogP contribution in [-0.4, -0.2) is 34.7 Å². The Morgan fingerprint density at radius 3 is 3.00 bits per heavy atom. The summed E-state index contributed by atoms with van der Waals surface area (Å²) >= 11 is 0. The van der Waals surface area contributed by atoms with E-state index in [1.54, 1.807) is 0 Å². The molecule has 1 aliphatic rings. The van der Waals surface area contributed by atoms with Crippen LogP contribution in [0, 0.1) is 5.92 Å². The van der Waals surface area contributed by atoms with Crippen LogP contribution in [0.1, 0.15) is 25.6 Å². The normalized spacial score (nSPS) is 19.5. The van der Waals surface area contributed by atoms with Crippen molar-refractivity contribution in [2.45, 2.75) is 26.2 Å². The summed E-state index contributed by atoms with van der Waals surface area (Å²) in [6.07, 6.45) is 2.92. The molecule has 0 saturated carbocycles. The van der Waals surface area contributed by atoms with Gasteiger partial charge in [-0.1, -0.05) is 6.92 Å². The minimum absolute atomic E-state index is 0.286. The highest BCUT2D eigenvalue weighted by molar-refractivity contribution is 5.31. The largest absolute Gasteiger partial charge is 0.381 e. The number of nitrogens with zero attached hydrogens (tertiary/aromatic N) is 3. The molecule has 0 aliphatic carbocycles. The van der Waals surface area contributed by atoms with Gasteiger partial charge in [0, 0.05) is 25.5 Å². The third-order valence-corrected chi connectivity index (χ3v) is 2.75. The van der Waals surface area contributed by atoms with Crippen LogP contribution in [0.2, 0.25) is 0 Å². The second-order valence-electron chi connectivity index (χ2n) is 4.29. The Balaban J connectivity index is 1.94. The molecule has 0 bridgehead atoms. The molecule has 0 amide bonds. The summed E-state index contributed by atoms with van der Waals surface area (Å²) in [5, 5.41) is 3.20. The standard InChI is InChI=1S/C11H19N5O/c1-2-3-9-14-10(12)16-11(15-9)13-6-8-4-5-17-7-8/h8H,2-7H2,1H3,(H3,12,13,14,15,16). The van der Waals surface area contributed by atoms with Gasteiger partial charge >= 0.3 is 0 Å². The summed E-state index contributed by atoms with van der Waals surface area (Å²) in [6.45, 7) is 4.58. The lowest BCUT2D eigenvalue weighted by Crippen LogP contribution is -2.17. The summed E-state index contributed by atoms with van der Waals surface area (Å²) < 4.78 is 5.31. The van der Waals surface area contributed by atoms with Gasteiger partial charge in [0.2, 0.25) is 11.9 Å². The quantitative estimate of drug-likeness (QED) is 0.789. The Bertz CT molecular complexity index is 365. The van der Waals surface area contributed by atoms with Gasteiger partial charge in [-0.2, -0.15) is 15.0 Å². The number of nitrogen functional groups attached to an aromatic ring is 1. The number of ether oxygens (including phenoxy) is 1. The molecule has 1 atom stereocenters. The number of nitrogens with two attached hydrogens (primary N) is 1. The van der Waals surface area contributed by atoms with Gasteiger partial charge < -0.3 is 15.8 Å². The molecular formula is C11H19N5O. The average Bonchev–Trinajstić information content (AvgIpc) is 2.79. The topological polar surface area (TPSA) is 86.0 Å². The lowest BCUT2D eigenvalue weighted by Gasteiger charge is -2.10. The van der Waals surface area contributed by atoms with Gasteiger partial charge in [-0.05, 0) is 12.8 Å². The van der Waals surface area contributed by atoms with Crippen LogP contribution in [0.4, 0.5) is 11.9 Å². The minimum Gasteiger partial charge on any atom is -0.381 e. The van der Waals surface area contributed by atoms with Crippen LogP contribution in [0.5, 0.6) is 0 Å². The van der Waals surface area contributed by atoms with Gasteiger partial charge in [0.15, 0.2) is 0 Å². The van der Waals surface area contributed by atoms with Crippen molar-refractivity contribution in [3.8, 4) is 0 Å². The number of hydrogen-bond donors (Lipinski definition) is 2. The van der Waals surface area contributed by atoms with Crippen molar-refractivity contribution in [1.82, 2.24) is 15.0 Å². The molecule has 94 valence electrons. The molecule has 0 spiro atoms. The van der Waals surface area contributed by atoms with E-state index >= 15 is 0 Å². The lowest BCUT2D eigenvalue weighted by atomic mass is 10.1. The maximum Gasteiger partial charge on any atom is 0.227 e. The molecule has 6 heteroatoms. The van der Waals surface area contributed by atoms with Gasteiger partial charge in [-0.15, -0.1) is 0 Å². The second-order valence-corrected chi connectivity index (χ2v) is 4.29. The number of aryl methyl sites for hydroxylation is 1. The van der Waals surface area contributed by atoms with Crippen LogP contribution in [0.15, 0.2) is 0 Å². The zero-order valence-electron chi connectivity index (χ0n) is 10.1. The molecule has 0 radical (unpaired) electrons. The first-order chi connectivity index (χ1) is 8.28. The average molecular weight is 237 g/mol. The Labute approximate surface area is 101 Å². The van der Waals surface area contributed by atoms with E-state index in [1.165, 1.54) is 0 Å². The molecule has 17 heavy (non-hydrogen) atoms. The van der Waals surface area contributed by atoms with E-state index in [9.17, 15) is 0 Å². The van der Waals surface area contributed by atoms with E-state index in [0.29, 0.717) is 11.9 Å². The fraction of sp³-hybridized carbons (Fsp3) is 0.727. The van der Waals surface area contributed by atoms with Crippen LogP contribution >= 0.6 is 0 Å². The van der Waals surface area contributed by atoms with Crippen LogP contribution < -0.4 is 11.1 Å². The molecule has 1 aromatic rings. The van der Waals surface area contributed by atoms with Gasteiger partial charge in [0.1, 0.15) is 5.82 Å². The highest BCUT2D eigenvalue weighted by atomic mass is 16.5. The number of anilines is 2. The summed E-state index contributed by atoms with van der Waals surface area (Å²) in [4.78, 5) is 12.5. The van der Waals surface area contributed by atoms with Crippen molar-refractivity contribution in [1.29, 1.82) is 0 Å². The van der Waals surface area contributed by atoms with Gasteiger partial charge in [0.05, 0.1) is 6.61 Å². The fourth-order valence-corrected chi connectivity index (χ4v) is 1.83. The second kappa shape index (κ2) is 5.77. The summed E-state index contributed by atoms with van der Waals surface area (Å²) in [7, 11) is 0. The highest BCUT2D eigenvalue weighted by Crippen LogP contribution is 2.13. The molecule has 1 aromatic heterocycles. The zero-order valence-corrected chi connectivity index (χ0v) is 10.1. The Morgan fingerprint density at radius 2 is 2.29 bits per heavy atom. The number of rotatable bonds is 5. The van der Waals surface area contributed by atoms with Crippen LogP contribution in [0.25, 0.3) is 0 Å². The van der Waals surface area contributed by atoms with E-state index in [1.807, 2.05) is 0 Å². The smallest absolute Gasteiger partial charge is 0.227 e. The maximum atomic E-state index is 5.65. The molecular weight excluding hydrogens is 218 g/mol. The molecule has 1 fully saturated rings. The van der Waals surface area contributed by atoms with Crippen molar-refractivity contribution < 1.29 is 4.74 Å². The third kappa shape index (κ3) is 3.52. The first-order valence-electron chi connectivity index (χ1n) is 6.10. The molecule has 2 heterocycles. The van der Waals surface area contributed by atoms with E-state index in [-0.39, 0.29) is 5.95 Å². The number of nitrogens with one attached hydrogen (secondary N) is 1. The predicted octanol–water partition coefficient (Wildman–Crippen LogP) is 0.855. The Hall–Kier alpha value is -1.43. The Kier molecular flexibility index (Phi) is 4.08. The van der Waals surface area contributed by atoms with Crippen molar-refractivity contribution in [2.75, 3.05) is 30.8 Å². The SMILES string of the molecule is CCCc1nc(N)nc(NCC2CCOC2)n1. The lowest BCUT2D eigenvalue weighted by molar-refractivity contribution is 0.187. The number of aromatic nitrogens is 3. The van der Waals surface area contributed by atoms with Crippen molar-refractivity contribution >= 4 is 11.9 Å². The molecule has 1 unspecified atom stereocenters. The molecule has 1 saturated heterocycles. The van der Waals surface area contributed by atoms with E-state index in [2.05, 4.69) is 27.2 Å². The monoisotopic (exact) mass is 237 g/mol. The van der Waals surface area contributed by atoms with Crippen molar-refractivity contribution in [3.63, 3.8) is 0 Å². The summed E-state index contributed by atoms with van der Waals surface area (Å²) in [6, 6.07) is 0. The highest BCUT2D eigenvalue weighted by Gasteiger charge is 2.15. The molecule has 0 aromatic carbocycles. The summed E-state index contributed by atoms with van der Waals surface area (Å²) in [5.41, 5.74) is 5.65. The first-order valence-corrected chi connectivity index (χ1v) is 6.10. The summed E-state index contributed by atoms with van der Waals surface area (Å²) in [5.74, 6) is 2.16. The van der Waals surface area contributed by atoms with Crippen LogP contribution in [-0.2, 0) is 11.2 Å². The minimum atomic E-state index is 0.286. The van der Waals surface area contributed by atoms with Gasteiger partial charge in [0.25, 0.3) is 0 Å². The maximum absolute atomic E-state index is 5.65.